The molecule has 7 nitrogen and oxygen atoms in total. The lowest BCUT2D eigenvalue weighted by molar-refractivity contribution is -0.117. The van der Waals surface area contributed by atoms with Gasteiger partial charge in [-0.3, -0.25) is 9.79 Å². The third kappa shape index (κ3) is 4.26. The first kappa shape index (κ1) is 19.7. The first-order valence-electron chi connectivity index (χ1n) is 9.01. The van der Waals surface area contributed by atoms with E-state index in [2.05, 4.69) is 22.6 Å². The summed E-state index contributed by atoms with van der Waals surface area (Å²) in [6, 6.07) is 13.5. The van der Waals surface area contributed by atoms with Gasteiger partial charge < -0.3 is 16.0 Å². The standard InChI is InChI=1S/C22H20N6O/c1-26-11-19(9-24)22(29)27-10-16-6-18-12-28(14-25)13-21(18)20(7-16)17-4-2-15(8-23)3-5-17/h2-7,9,11H,10,12-13,24H2,1H3,(H,27,29). The minimum Gasteiger partial charge on any atom is -0.404 e. The number of benzene rings is 2. The molecule has 1 amide bonds. The molecule has 0 saturated heterocycles. The molecule has 144 valence electrons. The van der Waals surface area contributed by atoms with E-state index in [-0.39, 0.29) is 11.5 Å². The average Bonchev–Trinajstić information content (AvgIpc) is 3.18. The Hall–Kier alpha value is -4.10. The lowest BCUT2D eigenvalue weighted by atomic mass is 9.94. The molecule has 7 heteroatoms. The number of fused-ring (bicyclic) bond motifs is 1. The molecule has 1 aliphatic heterocycles. The quantitative estimate of drug-likeness (QED) is 0.465. The van der Waals surface area contributed by atoms with Crippen molar-refractivity contribution in [1.82, 2.24) is 10.2 Å². The monoisotopic (exact) mass is 384 g/mol. The van der Waals surface area contributed by atoms with E-state index in [1.807, 2.05) is 24.3 Å². The number of nitrogens with one attached hydrogen (secondary N) is 1. The zero-order valence-corrected chi connectivity index (χ0v) is 16.0. The van der Waals surface area contributed by atoms with Gasteiger partial charge >= 0.3 is 0 Å². The van der Waals surface area contributed by atoms with Crippen LogP contribution in [0.4, 0.5) is 0 Å². The van der Waals surface area contributed by atoms with Gasteiger partial charge in [0.25, 0.3) is 5.91 Å². The second-order valence-electron chi connectivity index (χ2n) is 6.62. The second kappa shape index (κ2) is 8.73. The molecule has 3 rings (SSSR count). The highest BCUT2D eigenvalue weighted by molar-refractivity contribution is 6.11. The van der Waals surface area contributed by atoms with Crippen molar-refractivity contribution in [3.05, 3.63) is 70.4 Å². The van der Waals surface area contributed by atoms with Gasteiger partial charge in [-0.25, -0.2) is 0 Å². The number of hydrogen-bond donors (Lipinski definition) is 2. The van der Waals surface area contributed by atoms with E-state index in [4.69, 9.17) is 11.0 Å². The number of hydrogen-bond acceptors (Lipinski definition) is 6. The van der Waals surface area contributed by atoms with Crippen molar-refractivity contribution in [3.8, 4) is 23.4 Å². The maximum Gasteiger partial charge on any atom is 0.254 e. The number of nitriles is 2. The molecule has 1 aliphatic rings. The molecule has 0 unspecified atom stereocenters. The van der Waals surface area contributed by atoms with E-state index in [9.17, 15) is 10.1 Å². The Morgan fingerprint density at radius 2 is 2.03 bits per heavy atom. The summed E-state index contributed by atoms with van der Waals surface area (Å²) in [4.78, 5) is 17.8. The summed E-state index contributed by atoms with van der Waals surface area (Å²) in [6.45, 7) is 1.39. The highest BCUT2D eigenvalue weighted by Gasteiger charge is 2.22. The minimum absolute atomic E-state index is 0.289. The molecule has 0 radical (unpaired) electrons. The van der Waals surface area contributed by atoms with Crippen LogP contribution >= 0.6 is 0 Å². The molecule has 0 fully saturated rings. The molecule has 1 heterocycles. The molecule has 2 aromatic rings. The van der Waals surface area contributed by atoms with Gasteiger partial charge in [0.05, 0.1) is 30.3 Å². The van der Waals surface area contributed by atoms with Crippen molar-refractivity contribution in [3.63, 3.8) is 0 Å². The van der Waals surface area contributed by atoms with Gasteiger partial charge in [-0.2, -0.15) is 10.5 Å². The minimum atomic E-state index is -0.308. The molecule has 0 aromatic heterocycles. The van der Waals surface area contributed by atoms with Crippen LogP contribution in [0.1, 0.15) is 22.3 Å². The number of nitrogens with two attached hydrogens (primary N) is 1. The molecule has 0 aliphatic carbocycles. The predicted octanol–water partition coefficient (Wildman–Crippen LogP) is 2.18. The Morgan fingerprint density at radius 3 is 2.66 bits per heavy atom. The van der Waals surface area contributed by atoms with Crippen LogP contribution < -0.4 is 11.1 Å². The van der Waals surface area contributed by atoms with Gasteiger partial charge in [0.15, 0.2) is 6.19 Å². The van der Waals surface area contributed by atoms with Gasteiger partial charge in [0.2, 0.25) is 0 Å². The van der Waals surface area contributed by atoms with Crippen molar-refractivity contribution in [2.75, 3.05) is 7.05 Å². The van der Waals surface area contributed by atoms with Crippen molar-refractivity contribution < 1.29 is 4.79 Å². The first-order chi connectivity index (χ1) is 14.1. The van der Waals surface area contributed by atoms with E-state index in [0.29, 0.717) is 25.2 Å². The van der Waals surface area contributed by atoms with Crippen LogP contribution in [0.3, 0.4) is 0 Å². The zero-order chi connectivity index (χ0) is 20.8. The van der Waals surface area contributed by atoms with Crippen LogP contribution in [0.15, 0.2) is 53.2 Å². The number of rotatable bonds is 5. The smallest absolute Gasteiger partial charge is 0.254 e. The van der Waals surface area contributed by atoms with Crippen molar-refractivity contribution in [2.24, 2.45) is 10.7 Å². The normalized spacial score (nSPS) is 13.1. The van der Waals surface area contributed by atoms with Gasteiger partial charge in [0, 0.05) is 26.0 Å². The number of carbonyl (C=O) groups is 1. The maximum atomic E-state index is 12.3. The highest BCUT2D eigenvalue weighted by atomic mass is 16.1. The molecule has 0 bridgehead atoms. The van der Waals surface area contributed by atoms with E-state index < -0.39 is 0 Å². The van der Waals surface area contributed by atoms with Crippen LogP contribution in [0.2, 0.25) is 0 Å². The molecule has 0 atom stereocenters. The lowest BCUT2D eigenvalue weighted by Gasteiger charge is -2.13. The summed E-state index contributed by atoms with van der Waals surface area (Å²) in [7, 11) is 1.57. The van der Waals surface area contributed by atoms with E-state index >= 15 is 0 Å². The van der Waals surface area contributed by atoms with E-state index in [0.717, 1.165) is 27.8 Å². The number of aliphatic imine (C=N–C) groups is 1. The highest BCUT2D eigenvalue weighted by Crippen LogP contribution is 2.34. The predicted molar refractivity (Wildman–Crippen MR) is 110 cm³/mol. The summed E-state index contributed by atoms with van der Waals surface area (Å²) in [6.07, 6.45) is 4.83. The number of carbonyl (C=O) groups excluding carboxylic acids is 1. The molecule has 3 N–H and O–H groups in total. The summed E-state index contributed by atoms with van der Waals surface area (Å²) in [5.41, 5.74) is 11.4. The molecule has 0 spiro atoms. The Morgan fingerprint density at radius 1 is 1.28 bits per heavy atom. The summed E-state index contributed by atoms with van der Waals surface area (Å²) >= 11 is 0. The van der Waals surface area contributed by atoms with Crippen LogP contribution in [0.25, 0.3) is 11.1 Å². The lowest BCUT2D eigenvalue weighted by Crippen LogP contribution is -2.25. The fraction of sp³-hybridized carbons (Fsp3) is 0.182. The van der Waals surface area contributed by atoms with Crippen molar-refractivity contribution in [1.29, 1.82) is 10.5 Å². The summed E-state index contributed by atoms with van der Waals surface area (Å²) < 4.78 is 0. The molecular weight excluding hydrogens is 364 g/mol. The van der Waals surface area contributed by atoms with Crippen molar-refractivity contribution in [2.45, 2.75) is 19.6 Å². The third-order valence-electron chi connectivity index (χ3n) is 4.74. The largest absolute Gasteiger partial charge is 0.404 e. The summed E-state index contributed by atoms with van der Waals surface area (Å²) in [5.74, 6) is -0.308. The summed E-state index contributed by atoms with van der Waals surface area (Å²) in [5, 5.41) is 21.2. The van der Waals surface area contributed by atoms with Crippen LogP contribution in [0.5, 0.6) is 0 Å². The first-order valence-corrected chi connectivity index (χ1v) is 9.01. The zero-order valence-electron chi connectivity index (χ0n) is 16.0. The average molecular weight is 384 g/mol. The maximum absolute atomic E-state index is 12.3. The fourth-order valence-corrected chi connectivity index (χ4v) is 3.33. The Labute approximate surface area is 169 Å². The van der Waals surface area contributed by atoms with E-state index in [1.54, 1.807) is 24.1 Å². The SMILES string of the molecule is CN=CC(=CN)C(=O)NCc1cc2c(c(-c3ccc(C#N)cc3)c1)CN(C#N)C2. The van der Waals surface area contributed by atoms with Crippen LogP contribution in [-0.4, -0.2) is 24.1 Å². The van der Waals surface area contributed by atoms with Gasteiger partial charge in [0.1, 0.15) is 0 Å². The topological polar surface area (TPSA) is 118 Å². The van der Waals surface area contributed by atoms with Gasteiger partial charge in [-0.1, -0.05) is 18.2 Å². The molecule has 0 saturated carbocycles. The molecule has 2 aromatic carbocycles. The van der Waals surface area contributed by atoms with Crippen LogP contribution in [0, 0.1) is 22.8 Å². The number of amides is 1. The van der Waals surface area contributed by atoms with Crippen molar-refractivity contribution >= 4 is 12.1 Å². The fourth-order valence-electron chi connectivity index (χ4n) is 3.33. The van der Waals surface area contributed by atoms with Gasteiger partial charge in [-0.05, 0) is 46.0 Å². The number of nitrogens with zero attached hydrogens (tertiary/aromatic N) is 4. The second-order valence-corrected chi connectivity index (χ2v) is 6.62. The Bertz CT molecular complexity index is 1070. The Balaban J connectivity index is 1.93. The Kier molecular flexibility index (Phi) is 5.91. The van der Waals surface area contributed by atoms with Gasteiger partial charge in [-0.15, -0.1) is 0 Å². The van der Waals surface area contributed by atoms with Crippen LogP contribution in [-0.2, 0) is 24.4 Å². The third-order valence-corrected chi connectivity index (χ3v) is 4.74. The van der Waals surface area contributed by atoms with E-state index in [1.165, 1.54) is 12.4 Å². The molecular formula is C22H20N6O. The molecule has 29 heavy (non-hydrogen) atoms.